The van der Waals surface area contributed by atoms with Gasteiger partial charge in [-0.1, -0.05) is 42.5 Å². The normalized spacial score (nSPS) is 26.6. The van der Waals surface area contributed by atoms with Gasteiger partial charge in [0.2, 0.25) is 5.91 Å². The van der Waals surface area contributed by atoms with E-state index in [1.54, 1.807) is 23.3 Å². The number of ether oxygens (including phenoxy) is 2. The van der Waals surface area contributed by atoms with Gasteiger partial charge < -0.3 is 9.47 Å². The molecule has 32 heavy (non-hydrogen) atoms. The van der Waals surface area contributed by atoms with Crippen molar-refractivity contribution in [3.63, 3.8) is 0 Å². The highest BCUT2D eigenvalue weighted by molar-refractivity contribution is 5.79. The Morgan fingerprint density at radius 2 is 2.12 bits per heavy atom. The van der Waals surface area contributed by atoms with Crippen LogP contribution in [-0.2, 0) is 20.7 Å². The van der Waals surface area contributed by atoms with E-state index >= 15 is 0 Å². The molecule has 1 aromatic carbocycles. The molecule has 2 aromatic rings. The third kappa shape index (κ3) is 5.01. The Morgan fingerprint density at radius 1 is 1.28 bits per heavy atom. The van der Waals surface area contributed by atoms with Crippen LogP contribution in [0.25, 0.3) is 0 Å². The molecule has 1 aromatic heterocycles. The van der Waals surface area contributed by atoms with Crippen LogP contribution >= 0.6 is 0 Å². The van der Waals surface area contributed by atoms with E-state index in [1.165, 1.54) is 12.7 Å². The van der Waals surface area contributed by atoms with Gasteiger partial charge in [-0.3, -0.25) is 14.2 Å². The average molecular weight is 437 g/mol. The number of fused-ring (bicyclic) bond motifs is 2. The number of aromatic nitrogens is 2. The summed E-state index contributed by atoms with van der Waals surface area (Å²) in [7, 11) is 1.42. The maximum atomic E-state index is 12.9. The monoisotopic (exact) mass is 436 g/mol. The number of unbranched alkanes of at least 4 members (excludes halogenated alkanes) is 1. The predicted octanol–water partition coefficient (Wildman–Crippen LogP) is 4.47. The first kappa shape index (κ1) is 22.5. The molecule has 2 heterocycles. The first-order valence-corrected chi connectivity index (χ1v) is 11.5. The summed E-state index contributed by atoms with van der Waals surface area (Å²) in [6, 6.07) is 10.6. The van der Waals surface area contributed by atoms with Gasteiger partial charge in [0.1, 0.15) is 6.33 Å². The summed E-state index contributed by atoms with van der Waals surface area (Å²) in [5, 5.41) is 0. The van der Waals surface area contributed by atoms with Crippen molar-refractivity contribution in [2.24, 2.45) is 17.3 Å². The number of hydrogen-bond acceptors (Lipinski definition) is 5. The van der Waals surface area contributed by atoms with Crippen molar-refractivity contribution >= 4 is 11.9 Å². The number of nitrogens with zero attached hydrogens (tertiary/aromatic N) is 2. The van der Waals surface area contributed by atoms with E-state index < -0.39 is 0 Å². The summed E-state index contributed by atoms with van der Waals surface area (Å²) in [4.78, 5) is 28.2. The van der Waals surface area contributed by atoms with Gasteiger partial charge in [0.05, 0.1) is 19.8 Å². The van der Waals surface area contributed by atoms with E-state index in [-0.39, 0.29) is 29.3 Å². The number of methoxy groups -OCH3 is 1. The van der Waals surface area contributed by atoms with Crippen molar-refractivity contribution in [3.8, 4) is 0 Å². The molecule has 1 saturated heterocycles. The molecule has 6 heteroatoms. The number of hydrogen-bond donors (Lipinski definition) is 0. The van der Waals surface area contributed by atoms with Crippen molar-refractivity contribution in [1.29, 1.82) is 0 Å². The van der Waals surface area contributed by atoms with Crippen LogP contribution in [0.1, 0.15) is 48.9 Å². The fourth-order valence-corrected chi connectivity index (χ4v) is 5.53. The average Bonchev–Trinajstić information content (AvgIpc) is 3.53. The minimum atomic E-state index is -0.163. The molecule has 0 radical (unpaired) electrons. The standard InChI is InChI=1S/C26H32N2O4/c1-31-25(30)12-8-3-2-7-11-22-21(15-24(29)28-14-13-27-19-28)23-17-26(22,18-32-23)16-20-9-5-4-6-10-20/h2,4-7,9-10,13-14,19,21-23H,3,8,11-12,15-18H2,1H3/t21-,22+,23+,26+/m0/s1. The van der Waals surface area contributed by atoms with E-state index in [4.69, 9.17) is 9.47 Å². The van der Waals surface area contributed by atoms with Crippen LogP contribution in [0.4, 0.5) is 0 Å². The zero-order valence-electron chi connectivity index (χ0n) is 18.7. The Bertz CT molecular complexity index is 925. The van der Waals surface area contributed by atoms with Crippen molar-refractivity contribution < 1.29 is 19.1 Å². The third-order valence-corrected chi connectivity index (χ3v) is 7.11. The van der Waals surface area contributed by atoms with Crippen LogP contribution in [0.5, 0.6) is 0 Å². The fourth-order valence-electron chi connectivity index (χ4n) is 5.53. The highest BCUT2D eigenvalue weighted by Crippen LogP contribution is 2.57. The van der Waals surface area contributed by atoms with E-state index in [1.807, 2.05) is 6.07 Å². The van der Waals surface area contributed by atoms with E-state index in [0.717, 1.165) is 38.7 Å². The number of carbonyl (C=O) groups is 2. The quantitative estimate of drug-likeness (QED) is 0.312. The van der Waals surface area contributed by atoms with Crippen molar-refractivity contribution in [2.45, 2.75) is 51.0 Å². The number of esters is 1. The van der Waals surface area contributed by atoms with Gasteiger partial charge in [-0.05, 0) is 49.5 Å². The van der Waals surface area contributed by atoms with Crippen molar-refractivity contribution in [3.05, 3.63) is 66.8 Å². The summed E-state index contributed by atoms with van der Waals surface area (Å²) in [5.74, 6) is 0.488. The molecule has 170 valence electrons. The zero-order chi connectivity index (χ0) is 22.4. The molecular formula is C26H32N2O4. The lowest BCUT2D eigenvalue weighted by atomic mass is 9.69. The first-order valence-electron chi connectivity index (χ1n) is 11.5. The molecule has 0 N–H and O–H groups in total. The van der Waals surface area contributed by atoms with E-state index in [0.29, 0.717) is 18.8 Å². The molecule has 1 aliphatic carbocycles. The Balaban J connectivity index is 1.46. The zero-order valence-corrected chi connectivity index (χ0v) is 18.7. The van der Waals surface area contributed by atoms with Gasteiger partial charge in [-0.15, -0.1) is 0 Å². The number of benzene rings is 1. The number of imidazole rings is 1. The van der Waals surface area contributed by atoms with Crippen LogP contribution in [0.3, 0.4) is 0 Å². The summed E-state index contributed by atoms with van der Waals surface area (Å²) < 4.78 is 12.5. The number of carbonyl (C=O) groups excluding carboxylic acids is 2. The maximum absolute atomic E-state index is 12.9. The minimum absolute atomic E-state index is 0.0578. The molecule has 1 aliphatic heterocycles. The molecule has 0 spiro atoms. The maximum Gasteiger partial charge on any atom is 0.305 e. The van der Waals surface area contributed by atoms with Crippen LogP contribution in [-0.4, -0.2) is 41.2 Å². The molecule has 4 atom stereocenters. The van der Waals surface area contributed by atoms with Gasteiger partial charge in [0.15, 0.2) is 0 Å². The largest absolute Gasteiger partial charge is 0.469 e. The number of rotatable bonds is 10. The van der Waals surface area contributed by atoms with Gasteiger partial charge >= 0.3 is 5.97 Å². The van der Waals surface area contributed by atoms with Gasteiger partial charge in [0.25, 0.3) is 0 Å². The number of allylic oxidation sites excluding steroid dienone is 2. The highest BCUT2D eigenvalue weighted by atomic mass is 16.5. The van der Waals surface area contributed by atoms with Crippen LogP contribution in [0.15, 0.2) is 61.2 Å². The predicted molar refractivity (Wildman–Crippen MR) is 121 cm³/mol. The summed E-state index contributed by atoms with van der Waals surface area (Å²) in [6.07, 6.45) is 14.9. The lowest BCUT2D eigenvalue weighted by molar-refractivity contribution is -0.140. The Labute approximate surface area is 189 Å². The first-order chi connectivity index (χ1) is 15.6. The Hall–Kier alpha value is -2.73. The van der Waals surface area contributed by atoms with E-state index in [2.05, 4.69) is 41.4 Å². The second-order valence-electron chi connectivity index (χ2n) is 9.09. The lowest BCUT2D eigenvalue weighted by Crippen LogP contribution is -2.39. The lowest BCUT2D eigenvalue weighted by Gasteiger charge is -2.39. The van der Waals surface area contributed by atoms with Gasteiger partial charge in [0, 0.05) is 30.7 Å². The summed E-state index contributed by atoms with van der Waals surface area (Å²) in [6.45, 7) is 0.753. The molecule has 4 rings (SSSR count). The fraction of sp³-hybridized carbons (Fsp3) is 0.500. The van der Waals surface area contributed by atoms with Crippen LogP contribution in [0.2, 0.25) is 0 Å². The SMILES string of the molecule is COC(=O)CCCC=CC[C@@H]1[C@H](CC(=O)n2ccnc2)[C@H]2C[C@]1(Cc1ccccc1)CO2. The van der Waals surface area contributed by atoms with Gasteiger partial charge in [-0.25, -0.2) is 4.98 Å². The van der Waals surface area contributed by atoms with E-state index in [9.17, 15) is 9.59 Å². The summed E-state index contributed by atoms with van der Waals surface area (Å²) in [5.41, 5.74) is 1.38. The Morgan fingerprint density at radius 3 is 2.88 bits per heavy atom. The van der Waals surface area contributed by atoms with Crippen molar-refractivity contribution in [2.75, 3.05) is 13.7 Å². The molecule has 2 bridgehead atoms. The molecule has 2 fully saturated rings. The topological polar surface area (TPSA) is 70.4 Å². The second kappa shape index (κ2) is 10.3. The van der Waals surface area contributed by atoms with Gasteiger partial charge in [-0.2, -0.15) is 0 Å². The highest BCUT2D eigenvalue weighted by Gasteiger charge is 2.58. The summed E-state index contributed by atoms with van der Waals surface area (Å²) >= 11 is 0. The third-order valence-electron chi connectivity index (χ3n) is 7.11. The molecule has 0 amide bonds. The molecule has 6 nitrogen and oxygen atoms in total. The van der Waals surface area contributed by atoms with Crippen molar-refractivity contribution in [1.82, 2.24) is 9.55 Å². The second-order valence-corrected chi connectivity index (χ2v) is 9.09. The molecule has 2 aliphatic rings. The molecule has 0 unspecified atom stereocenters. The van der Waals surface area contributed by atoms with Crippen LogP contribution in [0, 0.1) is 17.3 Å². The minimum Gasteiger partial charge on any atom is -0.469 e. The molecule has 1 saturated carbocycles. The molecular weight excluding hydrogens is 404 g/mol. The van der Waals surface area contributed by atoms with Crippen LogP contribution < -0.4 is 0 Å². The Kier molecular flexibility index (Phi) is 7.20. The smallest absolute Gasteiger partial charge is 0.305 e.